The monoisotopic (exact) mass is 172 g/mol. The van der Waals surface area contributed by atoms with E-state index in [0.29, 0.717) is 0 Å². The number of nitrogens with two attached hydrogens (primary N) is 1. The number of rotatable bonds is 4. The van der Waals surface area contributed by atoms with Crippen LogP contribution in [0.5, 0.6) is 0 Å². The van der Waals surface area contributed by atoms with Gasteiger partial charge in [-0.05, 0) is 0 Å². The molecule has 0 unspecified atom stereocenters. The van der Waals surface area contributed by atoms with Crippen LogP contribution in [0.25, 0.3) is 0 Å². The first-order valence-electron chi connectivity index (χ1n) is 3.46. The zero-order valence-corrected chi connectivity index (χ0v) is 7.34. The minimum atomic E-state index is 0.727. The van der Waals surface area contributed by atoms with Crippen molar-refractivity contribution in [2.24, 2.45) is 12.8 Å². The molecule has 0 aliphatic rings. The topological polar surface area (TPSA) is 56.7 Å². The highest BCUT2D eigenvalue weighted by Gasteiger charge is 1.96. The summed E-state index contributed by atoms with van der Waals surface area (Å²) in [5.41, 5.74) is 6.36. The molecule has 4 nitrogen and oxygen atoms in total. The Morgan fingerprint density at radius 2 is 2.55 bits per heavy atom. The third kappa shape index (κ3) is 2.90. The average molecular weight is 172 g/mol. The highest BCUT2D eigenvalue weighted by Crippen LogP contribution is 2.06. The van der Waals surface area contributed by atoms with Crippen LogP contribution in [-0.4, -0.2) is 27.3 Å². The largest absolute Gasteiger partial charge is 0.330 e. The molecule has 0 saturated carbocycles. The second-order valence-electron chi connectivity index (χ2n) is 2.22. The van der Waals surface area contributed by atoms with Gasteiger partial charge in [0.1, 0.15) is 0 Å². The van der Waals surface area contributed by atoms with Crippen LogP contribution in [-0.2, 0) is 12.8 Å². The predicted octanol–water partition coefficient (Wildman–Crippen LogP) is 0.00700. The maximum atomic E-state index is 5.34. The van der Waals surface area contributed by atoms with Crippen molar-refractivity contribution in [2.45, 2.75) is 5.75 Å². The van der Waals surface area contributed by atoms with Gasteiger partial charge in [0.2, 0.25) is 0 Å². The Bertz CT molecular complexity index is 210. The Hall–Kier alpha value is -0.550. The van der Waals surface area contributed by atoms with Crippen molar-refractivity contribution in [2.75, 3.05) is 12.3 Å². The Morgan fingerprint density at radius 1 is 1.73 bits per heavy atom. The lowest BCUT2D eigenvalue weighted by Crippen LogP contribution is -2.01. The van der Waals surface area contributed by atoms with E-state index in [0.717, 1.165) is 23.7 Å². The second kappa shape index (κ2) is 4.35. The molecule has 2 N–H and O–H groups in total. The van der Waals surface area contributed by atoms with Crippen molar-refractivity contribution in [3.8, 4) is 0 Å². The van der Waals surface area contributed by atoms with Crippen LogP contribution in [0.4, 0.5) is 0 Å². The molecule has 1 aromatic heterocycles. The summed E-state index contributed by atoms with van der Waals surface area (Å²) in [5.74, 6) is 1.89. The third-order valence-corrected chi connectivity index (χ3v) is 2.19. The van der Waals surface area contributed by atoms with Gasteiger partial charge in [0, 0.05) is 31.3 Å². The van der Waals surface area contributed by atoms with E-state index in [2.05, 4.69) is 10.3 Å². The summed E-state index contributed by atoms with van der Waals surface area (Å²) in [7, 11) is 1.87. The lowest BCUT2D eigenvalue weighted by Gasteiger charge is -1.92. The Balaban J connectivity index is 2.27. The van der Waals surface area contributed by atoms with Crippen LogP contribution in [0.1, 0.15) is 5.69 Å². The van der Waals surface area contributed by atoms with Gasteiger partial charge >= 0.3 is 0 Å². The summed E-state index contributed by atoms with van der Waals surface area (Å²) < 4.78 is 1.71. The van der Waals surface area contributed by atoms with E-state index >= 15 is 0 Å². The van der Waals surface area contributed by atoms with Gasteiger partial charge in [0.15, 0.2) is 0 Å². The van der Waals surface area contributed by atoms with E-state index in [9.17, 15) is 0 Å². The number of aromatic nitrogens is 3. The number of hydrogen-bond donors (Lipinski definition) is 1. The fourth-order valence-corrected chi connectivity index (χ4v) is 1.37. The van der Waals surface area contributed by atoms with Gasteiger partial charge in [-0.15, -0.1) is 5.10 Å². The van der Waals surface area contributed by atoms with Gasteiger partial charge in [-0.3, -0.25) is 4.68 Å². The Kier molecular flexibility index (Phi) is 3.38. The zero-order chi connectivity index (χ0) is 8.10. The standard InChI is InChI=1S/C6H12N4S/c1-10-4-6(8-9-10)5-11-3-2-7/h4H,2-3,5,7H2,1H3. The predicted molar refractivity (Wildman–Crippen MR) is 46.2 cm³/mol. The number of aryl methyl sites for hydroxylation is 1. The number of nitrogens with zero attached hydrogens (tertiary/aromatic N) is 3. The molecule has 1 rings (SSSR count). The van der Waals surface area contributed by atoms with E-state index in [1.165, 1.54) is 0 Å². The molecule has 0 radical (unpaired) electrons. The first-order chi connectivity index (χ1) is 5.33. The lowest BCUT2D eigenvalue weighted by atomic mass is 10.6. The SMILES string of the molecule is Cn1cc(CSCCN)nn1. The normalized spacial score (nSPS) is 10.4. The smallest absolute Gasteiger partial charge is 0.0925 e. The average Bonchev–Trinajstić information content (AvgIpc) is 2.37. The molecule has 5 heteroatoms. The summed E-state index contributed by atoms with van der Waals surface area (Å²) in [5, 5.41) is 7.76. The minimum absolute atomic E-state index is 0.727. The molecule has 0 bridgehead atoms. The van der Waals surface area contributed by atoms with Crippen LogP contribution in [0.15, 0.2) is 6.20 Å². The fraction of sp³-hybridized carbons (Fsp3) is 0.667. The maximum Gasteiger partial charge on any atom is 0.0925 e. The van der Waals surface area contributed by atoms with Gasteiger partial charge in [-0.1, -0.05) is 5.21 Å². The van der Waals surface area contributed by atoms with Crippen molar-refractivity contribution in [1.82, 2.24) is 15.0 Å². The number of thioether (sulfide) groups is 1. The molecule has 1 heterocycles. The number of hydrogen-bond acceptors (Lipinski definition) is 4. The van der Waals surface area contributed by atoms with Crippen molar-refractivity contribution in [3.63, 3.8) is 0 Å². The lowest BCUT2D eigenvalue weighted by molar-refractivity contribution is 0.714. The van der Waals surface area contributed by atoms with Gasteiger partial charge in [0.25, 0.3) is 0 Å². The van der Waals surface area contributed by atoms with Crippen LogP contribution in [0.3, 0.4) is 0 Å². The van der Waals surface area contributed by atoms with Crippen molar-refractivity contribution < 1.29 is 0 Å². The van der Waals surface area contributed by atoms with E-state index in [1.54, 1.807) is 16.4 Å². The second-order valence-corrected chi connectivity index (χ2v) is 3.33. The zero-order valence-electron chi connectivity index (χ0n) is 6.53. The Labute approximate surface area is 70.1 Å². The molecule has 0 amide bonds. The summed E-state index contributed by atoms with van der Waals surface area (Å²) in [6.07, 6.45) is 1.92. The van der Waals surface area contributed by atoms with Crippen LogP contribution in [0, 0.1) is 0 Å². The molecule has 11 heavy (non-hydrogen) atoms. The van der Waals surface area contributed by atoms with Crippen molar-refractivity contribution >= 4 is 11.8 Å². The molecule has 0 fully saturated rings. The minimum Gasteiger partial charge on any atom is -0.330 e. The first-order valence-corrected chi connectivity index (χ1v) is 4.61. The maximum absolute atomic E-state index is 5.34. The third-order valence-electron chi connectivity index (χ3n) is 1.16. The van der Waals surface area contributed by atoms with E-state index in [-0.39, 0.29) is 0 Å². The van der Waals surface area contributed by atoms with Crippen LogP contribution < -0.4 is 5.73 Å². The molecule has 62 valence electrons. The molecule has 0 aromatic carbocycles. The Morgan fingerprint density at radius 3 is 3.09 bits per heavy atom. The molecule has 0 spiro atoms. The van der Waals surface area contributed by atoms with E-state index in [1.807, 2.05) is 13.2 Å². The molecule has 0 aliphatic heterocycles. The summed E-state index contributed by atoms with van der Waals surface area (Å²) in [6, 6.07) is 0. The first kappa shape index (κ1) is 8.55. The van der Waals surface area contributed by atoms with Gasteiger partial charge in [-0.2, -0.15) is 11.8 Å². The van der Waals surface area contributed by atoms with Gasteiger partial charge in [-0.25, -0.2) is 0 Å². The molecule has 0 saturated heterocycles. The molecular weight excluding hydrogens is 160 g/mol. The fourth-order valence-electron chi connectivity index (χ4n) is 0.721. The van der Waals surface area contributed by atoms with E-state index < -0.39 is 0 Å². The van der Waals surface area contributed by atoms with Crippen molar-refractivity contribution in [1.29, 1.82) is 0 Å². The van der Waals surface area contributed by atoms with Gasteiger partial charge in [0.05, 0.1) is 5.69 Å². The van der Waals surface area contributed by atoms with Crippen LogP contribution >= 0.6 is 11.8 Å². The van der Waals surface area contributed by atoms with Gasteiger partial charge < -0.3 is 5.73 Å². The highest BCUT2D eigenvalue weighted by molar-refractivity contribution is 7.98. The molecule has 1 aromatic rings. The van der Waals surface area contributed by atoms with Crippen molar-refractivity contribution in [3.05, 3.63) is 11.9 Å². The van der Waals surface area contributed by atoms with Crippen LogP contribution in [0.2, 0.25) is 0 Å². The molecule has 0 aliphatic carbocycles. The summed E-state index contributed by atoms with van der Waals surface area (Å²) in [6.45, 7) is 0.727. The molecule has 0 atom stereocenters. The molecular formula is C6H12N4S. The quantitative estimate of drug-likeness (QED) is 0.650. The highest BCUT2D eigenvalue weighted by atomic mass is 32.2. The summed E-state index contributed by atoms with van der Waals surface area (Å²) in [4.78, 5) is 0. The summed E-state index contributed by atoms with van der Waals surface area (Å²) >= 11 is 1.78. The van der Waals surface area contributed by atoms with E-state index in [4.69, 9.17) is 5.73 Å².